The van der Waals surface area contributed by atoms with E-state index in [2.05, 4.69) is 32.9 Å². The molecule has 0 radical (unpaired) electrons. The van der Waals surface area contributed by atoms with Crippen molar-refractivity contribution in [1.82, 2.24) is 0 Å². The second-order valence-corrected chi connectivity index (χ2v) is 5.66. The van der Waals surface area contributed by atoms with Crippen molar-refractivity contribution in [1.29, 1.82) is 0 Å². The molecule has 0 fully saturated rings. The second kappa shape index (κ2) is 6.74. The summed E-state index contributed by atoms with van der Waals surface area (Å²) in [6.07, 6.45) is 1.70. The topological polar surface area (TPSA) is 17.1 Å². The Balaban J connectivity index is 2.40. The van der Waals surface area contributed by atoms with Gasteiger partial charge in [0.25, 0.3) is 0 Å². The average molecular weight is 236 g/mol. The minimum atomic E-state index is 0.330. The summed E-state index contributed by atoms with van der Waals surface area (Å²) in [6, 6.07) is 8.19. The van der Waals surface area contributed by atoms with Crippen molar-refractivity contribution >= 4 is 17.5 Å². The number of rotatable bonds is 6. The molecular weight excluding hydrogens is 216 g/mol. The third kappa shape index (κ3) is 4.84. The maximum atomic E-state index is 11.7. The van der Waals surface area contributed by atoms with Crippen LogP contribution in [0.3, 0.4) is 0 Å². The van der Waals surface area contributed by atoms with Gasteiger partial charge in [-0.3, -0.25) is 4.79 Å². The normalized spacial score (nSPS) is 12.4. The summed E-state index contributed by atoms with van der Waals surface area (Å²) in [5.74, 6) is 0.971. The van der Waals surface area contributed by atoms with Gasteiger partial charge in [-0.05, 0) is 18.9 Å². The molecule has 0 saturated heterocycles. The van der Waals surface area contributed by atoms with Crippen molar-refractivity contribution in [2.45, 2.75) is 38.9 Å². The van der Waals surface area contributed by atoms with Gasteiger partial charge in [0.15, 0.2) is 0 Å². The zero-order valence-electron chi connectivity index (χ0n) is 10.3. The maximum Gasteiger partial charge on any atom is 0.147 e. The molecule has 0 saturated carbocycles. The Morgan fingerprint density at radius 3 is 2.81 bits per heavy atom. The van der Waals surface area contributed by atoms with Gasteiger partial charge in [-0.15, -0.1) is 0 Å². The Morgan fingerprint density at radius 2 is 2.19 bits per heavy atom. The molecular formula is C14H20OS. The molecule has 1 rings (SSSR count). The fourth-order valence-electron chi connectivity index (χ4n) is 1.45. The van der Waals surface area contributed by atoms with Crippen molar-refractivity contribution in [2.75, 3.05) is 5.75 Å². The summed E-state index contributed by atoms with van der Waals surface area (Å²) >= 11 is 1.76. The largest absolute Gasteiger partial charge is 0.298 e. The summed E-state index contributed by atoms with van der Waals surface area (Å²) < 4.78 is 0. The summed E-state index contributed by atoms with van der Waals surface area (Å²) in [6.45, 7) is 6.38. The highest BCUT2D eigenvalue weighted by Gasteiger charge is 2.06. The molecule has 1 aromatic carbocycles. The number of carbonyl (C=O) groups excluding carboxylic acids is 1. The first kappa shape index (κ1) is 13.3. The number of hydrogen-bond acceptors (Lipinski definition) is 2. The third-order valence-corrected chi connectivity index (χ3v) is 3.98. The molecule has 2 heteroatoms. The summed E-state index contributed by atoms with van der Waals surface area (Å²) in [4.78, 5) is 11.7. The minimum Gasteiger partial charge on any atom is -0.298 e. The van der Waals surface area contributed by atoms with Crippen LogP contribution in [-0.4, -0.2) is 16.8 Å². The smallest absolute Gasteiger partial charge is 0.147 e. The van der Waals surface area contributed by atoms with Crippen molar-refractivity contribution in [3.05, 3.63) is 35.4 Å². The lowest BCUT2D eigenvalue weighted by molar-refractivity contribution is -0.116. The van der Waals surface area contributed by atoms with Crippen molar-refractivity contribution in [3.63, 3.8) is 0 Å². The molecule has 0 heterocycles. The molecule has 0 aromatic heterocycles. The second-order valence-electron chi connectivity index (χ2n) is 4.23. The Morgan fingerprint density at radius 1 is 1.44 bits per heavy atom. The molecule has 0 N–H and O–H groups in total. The number of aryl methyl sites for hydroxylation is 1. The molecule has 88 valence electrons. The van der Waals surface area contributed by atoms with Gasteiger partial charge in [0.1, 0.15) is 5.78 Å². The van der Waals surface area contributed by atoms with Crippen LogP contribution in [0.4, 0.5) is 0 Å². The monoisotopic (exact) mass is 236 g/mol. The summed E-state index contributed by atoms with van der Waals surface area (Å²) in [7, 11) is 0. The number of Topliss-reactive ketones (excluding diaryl/α,β-unsaturated/α-hetero) is 1. The predicted octanol–water partition coefficient (Wildman–Crippen LogP) is 3.64. The molecule has 0 aliphatic rings. The van der Waals surface area contributed by atoms with E-state index >= 15 is 0 Å². The minimum absolute atomic E-state index is 0.330. The molecule has 0 amide bonds. The highest BCUT2D eigenvalue weighted by Crippen LogP contribution is 2.14. The van der Waals surface area contributed by atoms with Crippen LogP contribution in [0, 0.1) is 6.92 Å². The van der Waals surface area contributed by atoms with Crippen LogP contribution in [0.1, 0.15) is 31.4 Å². The quantitative estimate of drug-likeness (QED) is 0.750. The average Bonchev–Trinajstić information content (AvgIpc) is 2.26. The standard InChI is InChI=1S/C14H20OS/c1-4-12(3)16-10-14(15)9-13-7-5-6-11(2)8-13/h5-8,12H,4,9-10H2,1-3H3. The van der Waals surface area contributed by atoms with Crippen molar-refractivity contribution in [2.24, 2.45) is 0 Å². The van der Waals surface area contributed by atoms with E-state index in [9.17, 15) is 4.79 Å². The SMILES string of the molecule is CCC(C)SCC(=O)Cc1cccc(C)c1. The molecule has 1 unspecified atom stereocenters. The van der Waals surface area contributed by atoms with E-state index in [4.69, 9.17) is 0 Å². The Bertz CT molecular complexity index is 346. The van der Waals surface area contributed by atoms with Crippen LogP contribution in [0.5, 0.6) is 0 Å². The van der Waals surface area contributed by atoms with Crippen LogP contribution in [0.2, 0.25) is 0 Å². The molecule has 0 bridgehead atoms. The number of ketones is 1. The number of hydrogen-bond donors (Lipinski definition) is 0. The predicted molar refractivity (Wildman–Crippen MR) is 72.1 cm³/mol. The first-order chi connectivity index (χ1) is 7.61. The fourth-order valence-corrected chi connectivity index (χ4v) is 2.26. The summed E-state index contributed by atoms with van der Waals surface area (Å²) in [5, 5.41) is 0.585. The lowest BCUT2D eigenvalue weighted by Gasteiger charge is -2.07. The highest BCUT2D eigenvalue weighted by molar-refractivity contribution is 8.00. The van der Waals surface area contributed by atoms with Gasteiger partial charge in [-0.2, -0.15) is 11.8 Å². The van der Waals surface area contributed by atoms with Gasteiger partial charge in [0, 0.05) is 11.7 Å². The third-order valence-electron chi connectivity index (χ3n) is 2.59. The van der Waals surface area contributed by atoms with E-state index in [1.807, 2.05) is 12.1 Å². The fraction of sp³-hybridized carbons (Fsp3) is 0.500. The Labute approximate surface area is 103 Å². The maximum absolute atomic E-state index is 11.7. The number of benzene rings is 1. The lowest BCUT2D eigenvalue weighted by atomic mass is 10.1. The van der Waals surface area contributed by atoms with Crippen LogP contribution in [-0.2, 0) is 11.2 Å². The Kier molecular flexibility index (Phi) is 5.61. The van der Waals surface area contributed by atoms with E-state index in [0.717, 1.165) is 12.0 Å². The molecule has 1 atom stereocenters. The molecule has 0 aliphatic heterocycles. The van der Waals surface area contributed by atoms with Gasteiger partial charge < -0.3 is 0 Å². The molecule has 1 aromatic rings. The molecule has 0 spiro atoms. The van der Waals surface area contributed by atoms with Gasteiger partial charge in [0.2, 0.25) is 0 Å². The van der Waals surface area contributed by atoms with Crippen LogP contribution in [0.25, 0.3) is 0 Å². The first-order valence-corrected chi connectivity index (χ1v) is 6.85. The highest BCUT2D eigenvalue weighted by atomic mass is 32.2. The van der Waals surface area contributed by atoms with Gasteiger partial charge in [0.05, 0.1) is 5.75 Å². The van der Waals surface area contributed by atoms with E-state index in [1.165, 1.54) is 5.56 Å². The molecule has 0 aliphatic carbocycles. The zero-order valence-corrected chi connectivity index (χ0v) is 11.1. The van der Waals surface area contributed by atoms with E-state index < -0.39 is 0 Å². The van der Waals surface area contributed by atoms with Gasteiger partial charge in [-0.1, -0.05) is 43.7 Å². The first-order valence-electron chi connectivity index (χ1n) is 5.80. The van der Waals surface area contributed by atoms with E-state index in [1.54, 1.807) is 11.8 Å². The van der Waals surface area contributed by atoms with Crippen LogP contribution >= 0.6 is 11.8 Å². The zero-order chi connectivity index (χ0) is 12.0. The van der Waals surface area contributed by atoms with Crippen molar-refractivity contribution < 1.29 is 4.79 Å². The molecule has 16 heavy (non-hydrogen) atoms. The lowest BCUT2D eigenvalue weighted by Crippen LogP contribution is -2.08. The van der Waals surface area contributed by atoms with Crippen molar-refractivity contribution in [3.8, 4) is 0 Å². The number of thioether (sulfide) groups is 1. The van der Waals surface area contributed by atoms with Crippen LogP contribution < -0.4 is 0 Å². The van der Waals surface area contributed by atoms with Crippen LogP contribution in [0.15, 0.2) is 24.3 Å². The van der Waals surface area contributed by atoms with E-state index in [-0.39, 0.29) is 0 Å². The van der Waals surface area contributed by atoms with Gasteiger partial charge in [-0.25, -0.2) is 0 Å². The summed E-state index contributed by atoms with van der Waals surface area (Å²) in [5.41, 5.74) is 2.36. The number of carbonyl (C=O) groups is 1. The molecule has 1 nitrogen and oxygen atoms in total. The Hall–Kier alpha value is -0.760. The van der Waals surface area contributed by atoms with Gasteiger partial charge >= 0.3 is 0 Å². The van der Waals surface area contributed by atoms with E-state index in [0.29, 0.717) is 23.2 Å².